The lowest BCUT2D eigenvalue weighted by Gasteiger charge is -2.39. The average Bonchev–Trinajstić information content (AvgIpc) is 2.73. The molecule has 2 aromatic carbocycles. The van der Waals surface area contributed by atoms with E-state index in [1.165, 1.54) is 11.1 Å². The van der Waals surface area contributed by atoms with Crippen molar-refractivity contribution in [2.45, 2.75) is 13.0 Å². The van der Waals surface area contributed by atoms with Gasteiger partial charge < -0.3 is 4.74 Å². The lowest BCUT2D eigenvalue weighted by atomic mass is 9.96. The van der Waals surface area contributed by atoms with Gasteiger partial charge >= 0.3 is 0 Å². The van der Waals surface area contributed by atoms with Gasteiger partial charge in [0.25, 0.3) is 0 Å². The van der Waals surface area contributed by atoms with E-state index < -0.39 is 0 Å². The Labute approximate surface area is 168 Å². The summed E-state index contributed by atoms with van der Waals surface area (Å²) < 4.78 is 5.27. The highest BCUT2D eigenvalue weighted by molar-refractivity contribution is 5.76. The van der Waals surface area contributed by atoms with Gasteiger partial charge in [-0.05, 0) is 18.1 Å². The van der Waals surface area contributed by atoms with Crippen LogP contribution in [-0.4, -0.2) is 61.5 Å². The zero-order valence-electron chi connectivity index (χ0n) is 16.7. The summed E-state index contributed by atoms with van der Waals surface area (Å²) in [6.45, 7) is 7.36. The van der Waals surface area contributed by atoms with Crippen molar-refractivity contribution in [3.05, 3.63) is 83.9 Å². The number of ether oxygens (including phenoxy) is 1. The Hall–Kier alpha value is -2.27. The Balaban J connectivity index is 1.54. The van der Waals surface area contributed by atoms with Gasteiger partial charge in [-0.25, -0.2) is 0 Å². The van der Waals surface area contributed by atoms with Crippen LogP contribution >= 0.6 is 0 Å². The molecule has 1 aliphatic rings. The maximum atomic E-state index is 10.9. The van der Waals surface area contributed by atoms with Gasteiger partial charge in [-0.15, -0.1) is 0 Å². The normalized spacial score (nSPS) is 16.1. The molecule has 0 saturated carbocycles. The van der Waals surface area contributed by atoms with E-state index in [2.05, 4.69) is 76.5 Å². The van der Waals surface area contributed by atoms with Crippen LogP contribution in [0.1, 0.15) is 24.1 Å². The van der Waals surface area contributed by atoms with Crippen LogP contribution in [0.15, 0.2) is 72.8 Å². The third-order valence-electron chi connectivity index (χ3n) is 5.05. The molecular weight excluding hydrogens is 348 g/mol. The van der Waals surface area contributed by atoms with Gasteiger partial charge in [0, 0.05) is 32.7 Å². The zero-order chi connectivity index (χ0) is 19.6. The number of benzene rings is 2. The summed E-state index contributed by atoms with van der Waals surface area (Å²) in [6.07, 6.45) is 4.15. The number of piperazine rings is 1. The second-order valence-electron chi connectivity index (χ2n) is 7.25. The van der Waals surface area contributed by atoms with Crippen molar-refractivity contribution in [1.29, 1.82) is 0 Å². The molecule has 0 atom stereocenters. The Morgan fingerprint density at radius 1 is 0.929 bits per heavy atom. The number of hydrogen-bond acceptors (Lipinski definition) is 4. The van der Waals surface area contributed by atoms with Crippen molar-refractivity contribution >= 4 is 5.78 Å². The molecule has 0 bridgehead atoms. The van der Waals surface area contributed by atoms with Crippen LogP contribution in [-0.2, 0) is 9.53 Å². The number of rotatable bonds is 9. The first kappa shape index (κ1) is 20.5. The van der Waals surface area contributed by atoms with Crippen LogP contribution in [0.3, 0.4) is 0 Å². The predicted octanol–water partition coefficient (Wildman–Crippen LogP) is 3.56. The fourth-order valence-electron chi connectivity index (χ4n) is 3.65. The number of carbonyl (C=O) groups excluding carboxylic acids is 1. The molecule has 0 amide bonds. The second-order valence-corrected chi connectivity index (χ2v) is 7.25. The van der Waals surface area contributed by atoms with Crippen LogP contribution in [0.4, 0.5) is 0 Å². The van der Waals surface area contributed by atoms with E-state index in [0.29, 0.717) is 12.6 Å². The van der Waals surface area contributed by atoms with Crippen molar-refractivity contribution in [1.82, 2.24) is 9.80 Å². The summed E-state index contributed by atoms with van der Waals surface area (Å²) in [7, 11) is 0. The molecule has 148 valence electrons. The van der Waals surface area contributed by atoms with Crippen LogP contribution < -0.4 is 0 Å². The van der Waals surface area contributed by atoms with Gasteiger partial charge in [0.15, 0.2) is 5.78 Å². The van der Waals surface area contributed by atoms with Crippen LogP contribution in [0.2, 0.25) is 0 Å². The Bertz CT molecular complexity index is 698. The molecule has 0 aromatic heterocycles. The van der Waals surface area contributed by atoms with E-state index in [4.69, 9.17) is 4.74 Å². The van der Waals surface area contributed by atoms with E-state index in [1.54, 1.807) is 6.92 Å². The SMILES string of the molecule is CC(=O)COC/C=C/CN1CCN(C(c2ccccc2)c2ccccc2)CC1. The van der Waals surface area contributed by atoms with Crippen LogP contribution in [0.5, 0.6) is 0 Å². The largest absolute Gasteiger partial charge is 0.370 e. The van der Waals surface area contributed by atoms with Crippen molar-refractivity contribution < 1.29 is 9.53 Å². The highest BCUT2D eigenvalue weighted by Gasteiger charge is 2.25. The molecule has 0 spiro atoms. The molecule has 1 fully saturated rings. The molecule has 4 nitrogen and oxygen atoms in total. The lowest BCUT2D eigenvalue weighted by molar-refractivity contribution is -0.121. The maximum absolute atomic E-state index is 10.9. The lowest BCUT2D eigenvalue weighted by Crippen LogP contribution is -2.47. The van der Waals surface area contributed by atoms with Crippen LogP contribution in [0.25, 0.3) is 0 Å². The minimum atomic E-state index is 0.0657. The molecule has 4 heteroatoms. The van der Waals surface area contributed by atoms with Gasteiger partial charge in [0.1, 0.15) is 6.61 Å². The number of hydrogen-bond donors (Lipinski definition) is 0. The smallest absolute Gasteiger partial charge is 0.155 e. The molecule has 0 aliphatic carbocycles. The van der Waals surface area contributed by atoms with E-state index in [1.807, 2.05) is 6.08 Å². The highest BCUT2D eigenvalue weighted by Crippen LogP contribution is 2.29. The van der Waals surface area contributed by atoms with Gasteiger partial charge in [-0.2, -0.15) is 0 Å². The first-order chi connectivity index (χ1) is 13.7. The average molecular weight is 379 g/mol. The molecule has 28 heavy (non-hydrogen) atoms. The van der Waals surface area contributed by atoms with E-state index >= 15 is 0 Å². The molecular formula is C24H30N2O2. The first-order valence-electron chi connectivity index (χ1n) is 10.0. The fourth-order valence-corrected chi connectivity index (χ4v) is 3.65. The number of carbonyl (C=O) groups is 1. The molecule has 0 unspecified atom stereocenters. The van der Waals surface area contributed by atoms with Gasteiger partial charge in [-0.1, -0.05) is 72.8 Å². The fraction of sp³-hybridized carbons (Fsp3) is 0.375. The Morgan fingerprint density at radius 2 is 1.50 bits per heavy atom. The zero-order valence-corrected chi connectivity index (χ0v) is 16.7. The topological polar surface area (TPSA) is 32.8 Å². The second kappa shape index (κ2) is 10.9. The minimum absolute atomic E-state index is 0.0657. The molecule has 0 radical (unpaired) electrons. The molecule has 2 aromatic rings. The monoisotopic (exact) mass is 378 g/mol. The first-order valence-corrected chi connectivity index (χ1v) is 10.0. The quantitative estimate of drug-likeness (QED) is 0.493. The summed E-state index contributed by atoms with van der Waals surface area (Å²) in [5.74, 6) is 0.0657. The molecule has 0 N–H and O–H groups in total. The minimum Gasteiger partial charge on any atom is -0.370 e. The number of ketones is 1. The summed E-state index contributed by atoms with van der Waals surface area (Å²) in [5, 5.41) is 0. The summed E-state index contributed by atoms with van der Waals surface area (Å²) in [4.78, 5) is 15.9. The number of Topliss-reactive ketones (excluding diaryl/α,β-unsaturated/α-hetero) is 1. The molecule has 1 heterocycles. The van der Waals surface area contributed by atoms with Crippen molar-refractivity contribution in [2.75, 3.05) is 45.9 Å². The maximum Gasteiger partial charge on any atom is 0.155 e. The molecule has 3 rings (SSSR count). The van der Waals surface area contributed by atoms with Crippen molar-refractivity contribution in [3.63, 3.8) is 0 Å². The third kappa shape index (κ3) is 6.13. The van der Waals surface area contributed by atoms with E-state index in [9.17, 15) is 4.79 Å². The summed E-state index contributed by atoms with van der Waals surface area (Å²) in [5.41, 5.74) is 2.70. The van der Waals surface area contributed by atoms with Crippen molar-refractivity contribution in [2.24, 2.45) is 0 Å². The van der Waals surface area contributed by atoms with Crippen LogP contribution in [0, 0.1) is 0 Å². The Morgan fingerprint density at radius 3 is 2.04 bits per heavy atom. The summed E-state index contributed by atoms with van der Waals surface area (Å²) >= 11 is 0. The van der Waals surface area contributed by atoms with Gasteiger partial charge in [-0.3, -0.25) is 14.6 Å². The predicted molar refractivity (Wildman–Crippen MR) is 113 cm³/mol. The van der Waals surface area contributed by atoms with E-state index in [-0.39, 0.29) is 12.4 Å². The van der Waals surface area contributed by atoms with Gasteiger partial charge in [0.2, 0.25) is 0 Å². The number of nitrogens with zero attached hydrogens (tertiary/aromatic N) is 2. The highest BCUT2D eigenvalue weighted by atomic mass is 16.5. The standard InChI is InChI=1S/C24H30N2O2/c1-21(27)20-28-19-9-8-14-25-15-17-26(18-16-25)24(22-10-4-2-5-11-22)23-12-6-3-7-13-23/h2-13,24H,14-20H2,1H3/b9-8+. The van der Waals surface area contributed by atoms with E-state index in [0.717, 1.165) is 32.7 Å². The Kier molecular flexibility index (Phi) is 7.97. The summed E-state index contributed by atoms with van der Waals surface area (Å²) in [6, 6.07) is 21.9. The van der Waals surface area contributed by atoms with Crippen molar-refractivity contribution in [3.8, 4) is 0 Å². The molecule has 1 saturated heterocycles. The third-order valence-corrected chi connectivity index (χ3v) is 5.05. The van der Waals surface area contributed by atoms with Gasteiger partial charge in [0.05, 0.1) is 12.6 Å². The molecule has 1 aliphatic heterocycles.